The minimum Gasteiger partial charge on any atom is -0.478 e. The van der Waals surface area contributed by atoms with E-state index in [0.717, 1.165) is 6.92 Å². The van der Waals surface area contributed by atoms with E-state index in [4.69, 9.17) is 5.11 Å². The van der Waals surface area contributed by atoms with Crippen LogP contribution in [0.4, 0.5) is 30.7 Å². The largest absolute Gasteiger partial charge is 0.478 e. The average molecular weight is 392 g/mol. The van der Waals surface area contributed by atoms with Crippen molar-refractivity contribution in [1.29, 1.82) is 0 Å². The van der Waals surface area contributed by atoms with Crippen molar-refractivity contribution in [3.8, 4) is 0 Å². The molecule has 0 aliphatic rings. The number of carboxylic acid groups (broad SMARTS) is 1. The monoisotopic (exact) mass is 392 g/mol. The fourth-order valence-electron chi connectivity index (χ4n) is 2.10. The summed E-state index contributed by atoms with van der Waals surface area (Å²) in [4.78, 5) is 10.5. The van der Waals surface area contributed by atoms with Gasteiger partial charge in [0.15, 0.2) is 0 Å². The highest BCUT2D eigenvalue weighted by molar-refractivity contribution is 8.00. The summed E-state index contributed by atoms with van der Waals surface area (Å²) in [6.45, 7) is 4.23. The molecule has 0 spiro atoms. The zero-order chi connectivity index (χ0) is 19.8. The van der Waals surface area contributed by atoms with Gasteiger partial charge in [-0.05, 0) is 25.0 Å². The molecule has 1 N–H and O–H groups in total. The first-order valence-electron chi connectivity index (χ1n) is 7.04. The number of aromatic carboxylic acids is 1. The summed E-state index contributed by atoms with van der Waals surface area (Å²) in [5.74, 6) is -1.53. The van der Waals surface area contributed by atoms with Gasteiger partial charge in [0.05, 0.1) is 5.56 Å². The number of rotatable bonds is 5. The second-order valence-corrected chi connectivity index (χ2v) is 6.86. The van der Waals surface area contributed by atoms with Gasteiger partial charge in [0.1, 0.15) is 0 Å². The van der Waals surface area contributed by atoms with Crippen LogP contribution in [0.3, 0.4) is 0 Å². The Morgan fingerprint density at radius 3 is 1.96 bits per heavy atom. The predicted molar refractivity (Wildman–Crippen MR) is 78.6 cm³/mol. The molecule has 0 saturated carbocycles. The Labute approximate surface area is 143 Å². The summed E-state index contributed by atoms with van der Waals surface area (Å²) >= 11 is 0.584. The minimum absolute atomic E-state index is 0.252. The molecule has 0 radical (unpaired) electrons. The van der Waals surface area contributed by atoms with E-state index in [1.807, 2.05) is 0 Å². The zero-order valence-corrected chi connectivity index (χ0v) is 14.2. The topological polar surface area (TPSA) is 37.3 Å². The molecule has 0 aliphatic heterocycles. The summed E-state index contributed by atoms with van der Waals surface area (Å²) in [5.41, 5.74) is -8.07. The maximum Gasteiger partial charge on any atom is 0.435 e. The van der Waals surface area contributed by atoms with Crippen LogP contribution in [0.2, 0.25) is 0 Å². The maximum absolute atomic E-state index is 14.5. The summed E-state index contributed by atoms with van der Waals surface area (Å²) in [6, 6.07) is 0.807. The second kappa shape index (κ2) is 7.05. The van der Waals surface area contributed by atoms with Gasteiger partial charge in [-0.25, -0.2) is 9.18 Å². The van der Waals surface area contributed by atoms with Crippen LogP contribution in [0.5, 0.6) is 0 Å². The van der Waals surface area contributed by atoms with E-state index < -0.39 is 45.3 Å². The standard InChI is InChI=1S/C15H15F7O2S/c1-4-7(2)25-11-8(3)9(12(23)24)5-6-10(11)13(16,14(17,18)19)15(20,21)22/h5-7H,4H2,1-3H3,(H,23,24)/t7-/m0/s1. The van der Waals surface area contributed by atoms with E-state index >= 15 is 0 Å². The Kier molecular flexibility index (Phi) is 6.09. The lowest BCUT2D eigenvalue weighted by Crippen LogP contribution is -2.50. The van der Waals surface area contributed by atoms with Gasteiger partial charge in [-0.3, -0.25) is 0 Å². The summed E-state index contributed by atoms with van der Waals surface area (Å²) in [6.07, 6.45) is -12.1. The molecule has 1 aromatic rings. The maximum atomic E-state index is 14.5. The van der Waals surface area contributed by atoms with Gasteiger partial charge < -0.3 is 5.11 Å². The lowest BCUT2D eigenvalue weighted by Gasteiger charge is -2.32. The van der Waals surface area contributed by atoms with Gasteiger partial charge in [0.25, 0.3) is 0 Å². The van der Waals surface area contributed by atoms with Crippen LogP contribution in [0.15, 0.2) is 17.0 Å². The Morgan fingerprint density at radius 2 is 1.60 bits per heavy atom. The molecule has 0 fully saturated rings. The molecule has 2 nitrogen and oxygen atoms in total. The molecule has 0 saturated heterocycles. The van der Waals surface area contributed by atoms with Crippen molar-refractivity contribution in [3.05, 3.63) is 28.8 Å². The predicted octanol–water partition coefficient (Wildman–Crippen LogP) is 5.87. The molecule has 0 bridgehead atoms. The van der Waals surface area contributed by atoms with Crippen LogP contribution in [0.25, 0.3) is 0 Å². The van der Waals surface area contributed by atoms with Crippen LogP contribution in [-0.4, -0.2) is 28.7 Å². The Bertz CT molecular complexity index is 639. The number of hydrogen-bond acceptors (Lipinski definition) is 2. The van der Waals surface area contributed by atoms with Gasteiger partial charge in [-0.2, -0.15) is 26.3 Å². The van der Waals surface area contributed by atoms with Crippen LogP contribution in [0, 0.1) is 6.92 Å². The third kappa shape index (κ3) is 3.88. The van der Waals surface area contributed by atoms with Crippen LogP contribution >= 0.6 is 11.8 Å². The van der Waals surface area contributed by atoms with Crippen molar-refractivity contribution in [2.75, 3.05) is 0 Å². The fraction of sp³-hybridized carbons (Fsp3) is 0.533. The summed E-state index contributed by atoms with van der Waals surface area (Å²) < 4.78 is 92.8. The van der Waals surface area contributed by atoms with E-state index in [1.54, 1.807) is 6.92 Å². The highest BCUT2D eigenvalue weighted by atomic mass is 32.2. The lowest BCUT2D eigenvalue weighted by molar-refractivity contribution is -0.349. The fourth-order valence-corrected chi connectivity index (χ4v) is 3.29. The van der Waals surface area contributed by atoms with E-state index in [9.17, 15) is 35.5 Å². The van der Waals surface area contributed by atoms with E-state index in [-0.39, 0.29) is 11.6 Å². The third-order valence-corrected chi connectivity index (χ3v) is 5.18. The minimum atomic E-state index is -6.26. The highest BCUT2D eigenvalue weighted by Crippen LogP contribution is 2.56. The quantitative estimate of drug-likeness (QED) is 0.503. The van der Waals surface area contributed by atoms with Gasteiger partial charge in [0.2, 0.25) is 0 Å². The number of hydrogen-bond donors (Lipinski definition) is 1. The van der Waals surface area contributed by atoms with Gasteiger partial charge in [0, 0.05) is 15.7 Å². The number of carbonyl (C=O) groups is 1. The number of halogens is 7. The van der Waals surface area contributed by atoms with Crippen molar-refractivity contribution in [1.82, 2.24) is 0 Å². The second-order valence-electron chi connectivity index (χ2n) is 5.41. The molecule has 142 valence electrons. The molecule has 25 heavy (non-hydrogen) atoms. The van der Waals surface area contributed by atoms with Gasteiger partial charge >= 0.3 is 24.0 Å². The van der Waals surface area contributed by atoms with Crippen molar-refractivity contribution < 1.29 is 40.6 Å². The SMILES string of the molecule is CC[C@H](C)Sc1c(C(F)(C(F)(F)F)C(F)(F)F)ccc(C(=O)O)c1C. The Hall–Kier alpha value is -1.45. The van der Waals surface area contributed by atoms with Crippen molar-refractivity contribution in [2.45, 2.75) is 55.4 Å². The Morgan fingerprint density at radius 1 is 1.12 bits per heavy atom. The summed E-state index contributed by atoms with van der Waals surface area (Å²) in [7, 11) is 0. The molecule has 10 heteroatoms. The number of benzene rings is 1. The molecule has 0 heterocycles. The number of thioether (sulfide) groups is 1. The third-order valence-electron chi connectivity index (χ3n) is 3.68. The first-order valence-corrected chi connectivity index (χ1v) is 7.92. The number of carboxylic acids is 1. The van der Waals surface area contributed by atoms with Crippen molar-refractivity contribution in [2.24, 2.45) is 0 Å². The number of alkyl halides is 7. The van der Waals surface area contributed by atoms with Gasteiger partial charge in [-0.15, -0.1) is 11.8 Å². The summed E-state index contributed by atoms with van der Waals surface area (Å²) in [5, 5.41) is 8.60. The normalized spacial score (nSPS) is 14.5. The van der Waals surface area contributed by atoms with Crippen LogP contribution in [-0.2, 0) is 5.67 Å². The molecule has 1 rings (SSSR count). The highest BCUT2D eigenvalue weighted by Gasteiger charge is 2.74. The molecule has 0 amide bonds. The Balaban J connectivity index is 3.84. The smallest absolute Gasteiger partial charge is 0.435 e. The van der Waals surface area contributed by atoms with Crippen molar-refractivity contribution in [3.63, 3.8) is 0 Å². The van der Waals surface area contributed by atoms with Crippen LogP contribution in [0.1, 0.15) is 41.8 Å². The molecular formula is C15H15F7O2S. The molecule has 0 aliphatic carbocycles. The van der Waals surface area contributed by atoms with E-state index in [1.165, 1.54) is 6.92 Å². The van der Waals surface area contributed by atoms with Gasteiger partial charge in [-0.1, -0.05) is 19.9 Å². The lowest BCUT2D eigenvalue weighted by atomic mass is 9.91. The van der Waals surface area contributed by atoms with Crippen molar-refractivity contribution >= 4 is 17.7 Å². The van der Waals surface area contributed by atoms with E-state index in [2.05, 4.69) is 0 Å². The van der Waals surface area contributed by atoms with Crippen LogP contribution < -0.4 is 0 Å². The molecular weight excluding hydrogens is 377 g/mol. The first kappa shape index (κ1) is 21.6. The molecule has 0 aromatic heterocycles. The molecule has 0 unspecified atom stereocenters. The molecule has 1 atom stereocenters. The zero-order valence-electron chi connectivity index (χ0n) is 13.3. The first-order chi connectivity index (χ1) is 11.2. The molecule has 1 aromatic carbocycles. The van der Waals surface area contributed by atoms with E-state index in [0.29, 0.717) is 24.2 Å². The average Bonchev–Trinajstić information content (AvgIpc) is 2.45.